The van der Waals surface area contributed by atoms with Gasteiger partial charge < -0.3 is 10.1 Å². The van der Waals surface area contributed by atoms with Gasteiger partial charge in [-0.1, -0.05) is 49.7 Å². The first-order valence-electron chi connectivity index (χ1n) is 6.41. The van der Waals surface area contributed by atoms with Crippen molar-refractivity contribution in [1.82, 2.24) is 0 Å². The Morgan fingerprint density at radius 2 is 1.74 bits per heavy atom. The van der Waals surface area contributed by atoms with Gasteiger partial charge in [-0.2, -0.15) is 0 Å². The SMILES string of the molecule is CCCc1ccccc1OC(=S)Nc1ccccc1. The summed E-state index contributed by atoms with van der Waals surface area (Å²) in [5.41, 5.74) is 2.11. The average molecular weight is 271 g/mol. The molecule has 0 radical (unpaired) electrons. The van der Waals surface area contributed by atoms with Crippen LogP contribution in [0, 0.1) is 0 Å². The second kappa shape index (κ2) is 6.90. The minimum atomic E-state index is 0.370. The number of thiocarbonyl (C=S) groups is 1. The van der Waals surface area contributed by atoms with Crippen LogP contribution < -0.4 is 10.1 Å². The number of hydrogen-bond donors (Lipinski definition) is 1. The van der Waals surface area contributed by atoms with Crippen molar-refractivity contribution in [2.24, 2.45) is 0 Å². The lowest BCUT2D eigenvalue weighted by Crippen LogP contribution is -2.17. The maximum atomic E-state index is 5.72. The maximum Gasteiger partial charge on any atom is 0.266 e. The highest BCUT2D eigenvalue weighted by Crippen LogP contribution is 2.20. The summed E-state index contributed by atoms with van der Waals surface area (Å²) in [7, 11) is 0. The van der Waals surface area contributed by atoms with Gasteiger partial charge in [0.25, 0.3) is 5.17 Å². The summed E-state index contributed by atoms with van der Waals surface area (Å²) in [4.78, 5) is 0. The summed E-state index contributed by atoms with van der Waals surface area (Å²) >= 11 is 5.23. The molecule has 2 nitrogen and oxygen atoms in total. The average Bonchev–Trinajstić information content (AvgIpc) is 2.42. The molecule has 2 aromatic rings. The zero-order valence-electron chi connectivity index (χ0n) is 10.9. The highest BCUT2D eigenvalue weighted by molar-refractivity contribution is 7.80. The summed E-state index contributed by atoms with van der Waals surface area (Å²) < 4.78 is 5.72. The quantitative estimate of drug-likeness (QED) is 0.832. The lowest BCUT2D eigenvalue weighted by atomic mass is 10.1. The van der Waals surface area contributed by atoms with E-state index in [0.717, 1.165) is 24.3 Å². The van der Waals surface area contributed by atoms with E-state index in [2.05, 4.69) is 18.3 Å². The lowest BCUT2D eigenvalue weighted by Gasteiger charge is -2.12. The first kappa shape index (κ1) is 13.6. The topological polar surface area (TPSA) is 21.3 Å². The predicted octanol–water partition coefficient (Wildman–Crippen LogP) is 4.41. The predicted molar refractivity (Wildman–Crippen MR) is 83.7 cm³/mol. The molecule has 0 saturated carbocycles. The summed E-state index contributed by atoms with van der Waals surface area (Å²) in [6.45, 7) is 2.15. The van der Waals surface area contributed by atoms with E-state index in [1.807, 2.05) is 48.5 Å². The first-order chi connectivity index (χ1) is 9.29. The van der Waals surface area contributed by atoms with Crippen LogP contribution in [0.2, 0.25) is 0 Å². The molecule has 0 atom stereocenters. The number of aryl methyl sites for hydroxylation is 1. The third kappa shape index (κ3) is 4.07. The molecular weight excluding hydrogens is 254 g/mol. The number of hydrogen-bond acceptors (Lipinski definition) is 2. The van der Waals surface area contributed by atoms with Gasteiger partial charge >= 0.3 is 0 Å². The van der Waals surface area contributed by atoms with Gasteiger partial charge in [0, 0.05) is 5.69 Å². The van der Waals surface area contributed by atoms with Gasteiger partial charge in [0.05, 0.1) is 0 Å². The molecule has 0 unspecified atom stereocenters. The standard InChI is InChI=1S/C16H17NOS/c1-2-8-13-9-6-7-12-15(13)18-16(19)17-14-10-4-3-5-11-14/h3-7,9-12H,2,8H2,1H3,(H,17,19). The molecule has 0 spiro atoms. The number of rotatable bonds is 4. The summed E-state index contributed by atoms with van der Waals surface area (Å²) in [5.74, 6) is 0.831. The Morgan fingerprint density at radius 3 is 2.47 bits per heavy atom. The molecule has 19 heavy (non-hydrogen) atoms. The molecule has 0 heterocycles. The van der Waals surface area contributed by atoms with Gasteiger partial charge in [-0.25, -0.2) is 0 Å². The smallest absolute Gasteiger partial charge is 0.266 e. The Balaban J connectivity index is 2.03. The van der Waals surface area contributed by atoms with E-state index >= 15 is 0 Å². The van der Waals surface area contributed by atoms with Gasteiger partial charge in [0.15, 0.2) is 0 Å². The molecule has 0 bridgehead atoms. The fraction of sp³-hybridized carbons (Fsp3) is 0.188. The highest BCUT2D eigenvalue weighted by Gasteiger charge is 2.05. The van der Waals surface area contributed by atoms with E-state index in [9.17, 15) is 0 Å². The van der Waals surface area contributed by atoms with Crippen LogP contribution in [0.4, 0.5) is 5.69 Å². The molecule has 98 valence electrons. The summed E-state index contributed by atoms with van der Waals surface area (Å²) in [6, 6.07) is 17.8. The van der Waals surface area contributed by atoms with Crippen LogP contribution in [0.5, 0.6) is 5.75 Å². The largest absolute Gasteiger partial charge is 0.431 e. The van der Waals surface area contributed by atoms with E-state index < -0.39 is 0 Å². The molecule has 0 aliphatic heterocycles. The van der Waals surface area contributed by atoms with Crippen LogP contribution in [-0.4, -0.2) is 5.17 Å². The Kier molecular flexibility index (Phi) is 4.93. The summed E-state index contributed by atoms with van der Waals surface area (Å²) in [5, 5.41) is 3.44. The lowest BCUT2D eigenvalue weighted by molar-refractivity contribution is 0.553. The molecule has 0 aromatic heterocycles. The van der Waals surface area contributed by atoms with E-state index in [-0.39, 0.29) is 0 Å². The molecular formula is C16H17NOS. The zero-order chi connectivity index (χ0) is 13.5. The van der Waals surface area contributed by atoms with Crippen molar-refractivity contribution in [2.45, 2.75) is 19.8 Å². The molecule has 0 amide bonds. The fourth-order valence-electron chi connectivity index (χ4n) is 1.84. The van der Waals surface area contributed by atoms with Crippen molar-refractivity contribution in [1.29, 1.82) is 0 Å². The third-order valence-electron chi connectivity index (χ3n) is 2.71. The van der Waals surface area contributed by atoms with Crippen molar-refractivity contribution < 1.29 is 4.74 Å². The fourth-order valence-corrected chi connectivity index (χ4v) is 2.05. The third-order valence-corrected chi connectivity index (χ3v) is 2.90. The highest BCUT2D eigenvalue weighted by atomic mass is 32.1. The Hall–Kier alpha value is -1.87. The molecule has 0 aliphatic carbocycles. The molecule has 0 saturated heterocycles. The van der Waals surface area contributed by atoms with Crippen LogP contribution in [0.15, 0.2) is 54.6 Å². The Morgan fingerprint density at radius 1 is 1.05 bits per heavy atom. The van der Waals surface area contributed by atoms with Crippen molar-refractivity contribution >= 4 is 23.1 Å². The normalized spacial score (nSPS) is 9.95. The van der Waals surface area contributed by atoms with E-state index in [1.165, 1.54) is 5.56 Å². The van der Waals surface area contributed by atoms with Crippen LogP contribution in [-0.2, 0) is 6.42 Å². The van der Waals surface area contributed by atoms with Crippen molar-refractivity contribution in [3.8, 4) is 5.75 Å². The monoisotopic (exact) mass is 271 g/mol. The van der Waals surface area contributed by atoms with Crippen LogP contribution >= 0.6 is 12.2 Å². The number of para-hydroxylation sites is 2. The van der Waals surface area contributed by atoms with E-state index in [0.29, 0.717) is 5.17 Å². The Bertz CT molecular complexity index is 539. The van der Waals surface area contributed by atoms with E-state index in [1.54, 1.807) is 0 Å². The van der Waals surface area contributed by atoms with Crippen molar-refractivity contribution in [3.05, 3.63) is 60.2 Å². The number of ether oxygens (including phenoxy) is 1. The van der Waals surface area contributed by atoms with Crippen molar-refractivity contribution in [3.63, 3.8) is 0 Å². The number of nitrogens with one attached hydrogen (secondary N) is 1. The first-order valence-corrected chi connectivity index (χ1v) is 6.82. The molecule has 3 heteroatoms. The zero-order valence-corrected chi connectivity index (χ0v) is 11.7. The Labute approximate surface area is 119 Å². The maximum absolute atomic E-state index is 5.72. The minimum Gasteiger partial charge on any atom is -0.431 e. The number of anilines is 1. The van der Waals surface area contributed by atoms with Gasteiger partial charge in [0.1, 0.15) is 5.75 Å². The second-order valence-corrected chi connectivity index (χ2v) is 4.61. The molecule has 1 N–H and O–H groups in total. The minimum absolute atomic E-state index is 0.370. The molecule has 0 aliphatic rings. The van der Waals surface area contributed by atoms with Gasteiger partial charge in [-0.05, 0) is 42.4 Å². The van der Waals surface area contributed by atoms with Gasteiger partial charge in [0.2, 0.25) is 0 Å². The van der Waals surface area contributed by atoms with Gasteiger partial charge in [-0.3, -0.25) is 0 Å². The number of benzene rings is 2. The van der Waals surface area contributed by atoms with E-state index in [4.69, 9.17) is 17.0 Å². The molecule has 2 rings (SSSR count). The van der Waals surface area contributed by atoms with Crippen LogP contribution in [0.25, 0.3) is 0 Å². The second-order valence-electron chi connectivity index (χ2n) is 4.24. The van der Waals surface area contributed by atoms with Gasteiger partial charge in [-0.15, -0.1) is 0 Å². The summed E-state index contributed by atoms with van der Waals surface area (Å²) in [6.07, 6.45) is 2.07. The van der Waals surface area contributed by atoms with Crippen LogP contribution in [0.3, 0.4) is 0 Å². The molecule has 2 aromatic carbocycles. The molecule has 0 fully saturated rings. The van der Waals surface area contributed by atoms with Crippen LogP contribution in [0.1, 0.15) is 18.9 Å². The van der Waals surface area contributed by atoms with Crippen molar-refractivity contribution in [2.75, 3.05) is 5.32 Å².